The van der Waals surface area contributed by atoms with Crippen LogP contribution in [0, 0.1) is 5.92 Å². The largest absolute Gasteiger partial charge is 0.310 e. The fourth-order valence-corrected chi connectivity index (χ4v) is 3.31. The van der Waals surface area contributed by atoms with Gasteiger partial charge in [0.05, 0.1) is 5.02 Å². The van der Waals surface area contributed by atoms with E-state index in [1.165, 1.54) is 37.7 Å². The van der Waals surface area contributed by atoms with E-state index >= 15 is 0 Å². The van der Waals surface area contributed by atoms with Gasteiger partial charge in [0.15, 0.2) is 0 Å². The van der Waals surface area contributed by atoms with Crippen LogP contribution in [-0.4, -0.2) is 6.54 Å². The first kappa shape index (κ1) is 18.0. The Labute approximate surface area is 137 Å². The molecular weight excluding hydrogens is 334 g/mol. The highest BCUT2D eigenvalue weighted by Crippen LogP contribution is 2.34. The van der Waals surface area contributed by atoms with E-state index in [4.69, 9.17) is 11.6 Å². The minimum Gasteiger partial charge on any atom is -0.310 e. The van der Waals surface area contributed by atoms with Crippen LogP contribution in [0.1, 0.15) is 64.5 Å². The predicted molar refractivity (Wildman–Crippen MR) is 93.5 cm³/mol. The van der Waals surface area contributed by atoms with Gasteiger partial charge in [-0.2, -0.15) is 0 Å². The molecule has 0 amide bonds. The lowest BCUT2D eigenvalue weighted by atomic mass is 9.89. The molecule has 1 rings (SSSR count). The summed E-state index contributed by atoms with van der Waals surface area (Å²) >= 11 is 10.00. The van der Waals surface area contributed by atoms with Gasteiger partial charge in [-0.25, -0.2) is 0 Å². The number of unbranched alkanes of at least 4 members (excludes halogenated alkanes) is 1. The van der Waals surface area contributed by atoms with Gasteiger partial charge in [-0.3, -0.25) is 0 Å². The van der Waals surface area contributed by atoms with E-state index in [0.717, 1.165) is 22.0 Å². The molecule has 0 fully saturated rings. The summed E-state index contributed by atoms with van der Waals surface area (Å²) in [4.78, 5) is 0. The quantitative estimate of drug-likeness (QED) is 0.540. The number of hydrogen-bond donors (Lipinski definition) is 1. The Morgan fingerprint density at radius 3 is 2.60 bits per heavy atom. The van der Waals surface area contributed by atoms with Crippen LogP contribution in [0.2, 0.25) is 5.02 Å². The number of benzene rings is 1. The van der Waals surface area contributed by atoms with E-state index in [2.05, 4.69) is 54.2 Å². The van der Waals surface area contributed by atoms with Gasteiger partial charge < -0.3 is 5.32 Å². The van der Waals surface area contributed by atoms with Crippen molar-refractivity contribution in [2.24, 2.45) is 5.92 Å². The summed E-state index contributed by atoms with van der Waals surface area (Å²) < 4.78 is 0.987. The molecule has 0 saturated heterocycles. The molecule has 1 N–H and O–H groups in total. The lowest BCUT2D eigenvalue weighted by molar-refractivity contribution is 0.357. The molecule has 1 nitrogen and oxygen atoms in total. The van der Waals surface area contributed by atoms with Gasteiger partial charge >= 0.3 is 0 Å². The number of hydrogen-bond acceptors (Lipinski definition) is 1. The molecule has 1 aromatic rings. The smallest absolute Gasteiger partial charge is 0.0595 e. The summed E-state index contributed by atoms with van der Waals surface area (Å²) in [5.41, 5.74) is 1.22. The normalized spacial score (nSPS) is 14.2. The molecule has 0 bridgehead atoms. The van der Waals surface area contributed by atoms with Crippen LogP contribution in [0.15, 0.2) is 22.7 Å². The highest BCUT2D eigenvalue weighted by molar-refractivity contribution is 9.10. The fourth-order valence-electron chi connectivity index (χ4n) is 2.67. The van der Waals surface area contributed by atoms with Crippen molar-refractivity contribution < 1.29 is 0 Å². The van der Waals surface area contributed by atoms with Crippen molar-refractivity contribution in [3.8, 4) is 0 Å². The Hall–Kier alpha value is -0.0500. The molecule has 2 atom stereocenters. The van der Waals surface area contributed by atoms with Crippen molar-refractivity contribution in [1.29, 1.82) is 0 Å². The van der Waals surface area contributed by atoms with Crippen LogP contribution < -0.4 is 5.32 Å². The zero-order valence-corrected chi connectivity index (χ0v) is 15.2. The van der Waals surface area contributed by atoms with Crippen LogP contribution >= 0.6 is 27.5 Å². The SMILES string of the molecule is CCCCC(CC)CC(NCC)c1cccc(Br)c1Cl. The summed E-state index contributed by atoms with van der Waals surface area (Å²) in [6.45, 7) is 7.69. The Morgan fingerprint density at radius 2 is 2.00 bits per heavy atom. The summed E-state index contributed by atoms with van der Waals surface area (Å²) in [6, 6.07) is 6.57. The first-order valence-electron chi connectivity index (χ1n) is 7.81. The second-order valence-corrected chi connectivity index (χ2v) is 6.64. The van der Waals surface area contributed by atoms with E-state index < -0.39 is 0 Å². The molecule has 1 aromatic carbocycles. The van der Waals surface area contributed by atoms with Gasteiger partial charge in [0.25, 0.3) is 0 Å². The summed E-state index contributed by atoms with van der Waals surface area (Å²) in [6.07, 6.45) is 6.33. The van der Waals surface area contributed by atoms with Crippen molar-refractivity contribution in [3.63, 3.8) is 0 Å². The molecule has 20 heavy (non-hydrogen) atoms. The van der Waals surface area contributed by atoms with Gasteiger partial charge in [-0.1, -0.05) is 70.2 Å². The monoisotopic (exact) mass is 359 g/mol. The van der Waals surface area contributed by atoms with Crippen molar-refractivity contribution >= 4 is 27.5 Å². The molecule has 2 unspecified atom stereocenters. The minimum atomic E-state index is 0.354. The van der Waals surface area contributed by atoms with Crippen molar-refractivity contribution in [2.75, 3.05) is 6.54 Å². The fraction of sp³-hybridized carbons (Fsp3) is 0.647. The minimum absolute atomic E-state index is 0.354. The van der Waals surface area contributed by atoms with Gasteiger partial charge in [-0.05, 0) is 46.4 Å². The maximum atomic E-state index is 6.47. The van der Waals surface area contributed by atoms with Crippen LogP contribution in [0.5, 0.6) is 0 Å². The first-order valence-corrected chi connectivity index (χ1v) is 8.98. The average molecular weight is 361 g/mol. The third-order valence-corrected chi connectivity index (χ3v) is 5.23. The van der Waals surface area contributed by atoms with E-state index in [1.54, 1.807) is 0 Å². The molecule has 0 spiro atoms. The molecule has 0 aliphatic carbocycles. The highest BCUT2D eigenvalue weighted by atomic mass is 79.9. The molecule has 114 valence electrons. The number of halogens is 2. The number of nitrogens with one attached hydrogen (secondary N) is 1. The third kappa shape index (κ3) is 5.38. The second-order valence-electron chi connectivity index (χ2n) is 5.41. The summed E-state index contributed by atoms with van der Waals surface area (Å²) in [5, 5.41) is 4.45. The van der Waals surface area contributed by atoms with Crippen LogP contribution in [0.3, 0.4) is 0 Å². The van der Waals surface area contributed by atoms with Crippen molar-refractivity contribution in [2.45, 2.75) is 58.9 Å². The van der Waals surface area contributed by atoms with E-state index in [-0.39, 0.29) is 0 Å². The molecule has 0 aliphatic rings. The molecule has 3 heteroatoms. The topological polar surface area (TPSA) is 12.0 Å². The lowest BCUT2D eigenvalue weighted by Crippen LogP contribution is -2.24. The highest BCUT2D eigenvalue weighted by Gasteiger charge is 2.19. The standard InChI is InChI=1S/C17H27BrClN/c1-4-7-9-13(5-2)12-16(20-6-3)14-10-8-11-15(18)17(14)19/h8,10-11,13,16,20H,4-7,9,12H2,1-3H3. The van der Waals surface area contributed by atoms with Gasteiger partial charge in [0, 0.05) is 10.5 Å². The first-order chi connectivity index (χ1) is 9.63. The van der Waals surface area contributed by atoms with Crippen LogP contribution in [0.25, 0.3) is 0 Å². The zero-order chi connectivity index (χ0) is 15.0. The molecule has 0 saturated carbocycles. The molecule has 0 heterocycles. The molecular formula is C17H27BrClN. The van der Waals surface area contributed by atoms with Crippen LogP contribution in [-0.2, 0) is 0 Å². The summed E-state index contributed by atoms with van der Waals surface area (Å²) in [5.74, 6) is 0.772. The maximum Gasteiger partial charge on any atom is 0.0595 e. The number of rotatable bonds is 9. The van der Waals surface area contributed by atoms with E-state index in [0.29, 0.717) is 6.04 Å². The zero-order valence-electron chi connectivity index (χ0n) is 12.9. The van der Waals surface area contributed by atoms with Crippen molar-refractivity contribution in [1.82, 2.24) is 5.32 Å². The average Bonchev–Trinajstić information content (AvgIpc) is 2.45. The molecule has 0 aromatic heterocycles. The third-order valence-electron chi connectivity index (χ3n) is 3.92. The van der Waals surface area contributed by atoms with E-state index in [1.807, 2.05) is 6.07 Å². The summed E-state index contributed by atoms with van der Waals surface area (Å²) in [7, 11) is 0. The predicted octanol–water partition coefficient (Wildman–Crippen LogP) is 6.36. The van der Waals surface area contributed by atoms with Gasteiger partial charge in [-0.15, -0.1) is 0 Å². The van der Waals surface area contributed by atoms with Crippen LogP contribution in [0.4, 0.5) is 0 Å². The molecule has 0 radical (unpaired) electrons. The molecule has 0 aliphatic heterocycles. The second kappa shape index (κ2) is 9.81. The Morgan fingerprint density at radius 1 is 1.25 bits per heavy atom. The van der Waals surface area contributed by atoms with E-state index in [9.17, 15) is 0 Å². The maximum absolute atomic E-state index is 6.47. The Balaban J connectivity index is 2.84. The Kier molecular flexibility index (Phi) is 8.83. The van der Waals surface area contributed by atoms with Gasteiger partial charge in [0.1, 0.15) is 0 Å². The van der Waals surface area contributed by atoms with Gasteiger partial charge in [0.2, 0.25) is 0 Å². The lowest BCUT2D eigenvalue weighted by Gasteiger charge is -2.25. The van der Waals surface area contributed by atoms with Crippen molar-refractivity contribution in [3.05, 3.63) is 33.3 Å². The Bertz CT molecular complexity index is 395.